The number of halogens is 2. The summed E-state index contributed by atoms with van der Waals surface area (Å²) >= 11 is 0. The molecule has 5 nitrogen and oxygen atoms in total. The van der Waals surface area contributed by atoms with Crippen LogP contribution in [0.5, 0.6) is 0 Å². The number of nitrogens with one attached hydrogen (secondary N) is 2. The Balaban J connectivity index is 0.00000169. The third kappa shape index (κ3) is 5.46. The van der Waals surface area contributed by atoms with Gasteiger partial charge in [-0.15, -0.1) is 24.8 Å². The van der Waals surface area contributed by atoms with Crippen molar-refractivity contribution in [3.8, 4) is 0 Å². The topological polar surface area (TPSA) is 83.8 Å². The van der Waals surface area contributed by atoms with Gasteiger partial charge < -0.3 is 16.0 Å². The fourth-order valence-electron chi connectivity index (χ4n) is 2.71. The maximum absolute atomic E-state index is 12.0. The molecule has 1 heterocycles. The first-order valence-electron chi connectivity index (χ1n) is 8.15. The quantitative estimate of drug-likeness (QED) is 0.598. The van der Waals surface area contributed by atoms with E-state index in [-0.39, 0.29) is 36.8 Å². The molecule has 0 spiro atoms. The number of carbonyl (C=O) groups is 1. The van der Waals surface area contributed by atoms with Crippen LogP contribution in [0.15, 0.2) is 48.5 Å². The third-order valence-electron chi connectivity index (χ3n) is 4.10. The van der Waals surface area contributed by atoms with E-state index in [0.717, 1.165) is 28.0 Å². The third-order valence-corrected chi connectivity index (χ3v) is 4.10. The molecular weight excluding hydrogens is 371 g/mol. The van der Waals surface area contributed by atoms with E-state index in [4.69, 9.17) is 5.73 Å². The molecule has 0 bridgehead atoms. The number of carbonyl (C=O) groups excluding carboxylic acids is 1. The van der Waals surface area contributed by atoms with Crippen molar-refractivity contribution >= 4 is 41.8 Å². The van der Waals surface area contributed by atoms with E-state index >= 15 is 0 Å². The van der Waals surface area contributed by atoms with Crippen molar-refractivity contribution in [3.05, 3.63) is 65.5 Å². The number of aryl methyl sites for hydroxylation is 2. The first-order valence-corrected chi connectivity index (χ1v) is 8.15. The Kier molecular flexibility index (Phi) is 8.58. The van der Waals surface area contributed by atoms with Crippen LogP contribution in [0.2, 0.25) is 0 Å². The van der Waals surface area contributed by atoms with Gasteiger partial charge in [-0.05, 0) is 24.1 Å². The minimum atomic E-state index is -0.191. The number of amides is 1. The molecule has 0 saturated carbocycles. The fourth-order valence-corrected chi connectivity index (χ4v) is 2.71. The maximum Gasteiger partial charge on any atom is 0.220 e. The second-order valence-electron chi connectivity index (χ2n) is 5.98. The molecule has 1 amide bonds. The van der Waals surface area contributed by atoms with E-state index in [0.29, 0.717) is 19.4 Å². The second-order valence-corrected chi connectivity index (χ2v) is 5.98. The predicted molar refractivity (Wildman–Crippen MR) is 110 cm³/mol. The lowest BCUT2D eigenvalue weighted by atomic mass is 10.1. The normalized spacial score (nSPS) is 11.3. The number of aromatic amines is 1. The summed E-state index contributed by atoms with van der Waals surface area (Å²) in [5.74, 6) is 0.820. The molecule has 0 radical (unpaired) electrons. The molecule has 0 aliphatic heterocycles. The van der Waals surface area contributed by atoms with Gasteiger partial charge in [0.25, 0.3) is 0 Å². The Hall–Kier alpha value is -2.08. The highest BCUT2D eigenvalue weighted by Gasteiger charge is 2.10. The molecule has 1 unspecified atom stereocenters. The largest absolute Gasteiger partial charge is 0.354 e. The smallest absolute Gasteiger partial charge is 0.220 e. The van der Waals surface area contributed by atoms with Gasteiger partial charge in [0.15, 0.2) is 0 Å². The fraction of sp³-hybridized carbons (Fsp3) is 0.263. The van der Waals surface area contributed by atoms with Gasteiger partial charge in [0.1, 0.15) is 5.82 Å². The van der Waals surface area contributed by atoms with Gasteiger partial charge in [0.2, 0.25) is 5.91 Å². The molecule has 1 aromatic heterocycles. The van der Waals surface area contributed by atoms with Gasteiger partial charge in [-0.1, -0.05) is 42.5 Å². The first-order chi connectivity index (χ1) is 11.6. The lowest BCUT2D eigenvalue weighted by Crippen LogP contribution is -2.32. The molecule has 3 aromatic rings. The number of aromatic nitrogens is 2. The van der Waals surface area contributed by atoms with Crippen LogP contribution in [-0.2, 0) is 11.2 Å². The van der Waals surface area contributed by atoms with Crippen molar-refractivity contribution in [2.24, 2.45) is 5.73 Å². The highest BCUT2D eigenvalue weighted by Crippen LogP contribution is 2.16. The van der Waals surface area contributed by atoms with Crippen molar-refractivity contribution in [1.82, 2.24) is 15.3 Å². The Morgan fingerprint density at radius 2 is 1.88 bits per heavy atom. The van der Waals surface area contributed by atoms with Gasteiger partial charge in [0, 0.05) is 25.4 Å². The molecule has 0 aliphatic rings. The van der Waals surface area contributed by atoms with Gasteiger partial charge in [-0.2, -0.15) is 0 Å². The monoisotopic (exact) mass is 394 g/mol. The molecule has 0 saturated heterocycles. The van der Waals surface area contributed by atoms with Crippen LogP contribution in [-0.4, -0.2) is 22.4 Å². The zero-order chi connectivity index (χ0) is 16.9. The summed E-state index contributed by atoms with van der Waals surface area (Å²) in [5, 5.41) is 2.89. The molecule has 140 valence electrons. The number of para-hydroxylation sites is 1. The molecule has 4 N–H and O–H groups in total. The van der Waals surface area contributed by atoms with E-state index in [1.165, 1.54) is 0 Å². The molecule has 1 atom stereocenters. The van der Waals surface area contributed by atoms with E-state index in [2.05, 4.69) is 15.3 Å². The summed E-state index contributed by atoms with van der Waals surface area (Å²) < 4.78 is 0. The lowest BCUT2D eigenvalue weighted by molar-refractivity contribution is -0.121. The predicted octanol–water partition coefficient (Wildman–Crippen LogP) is 3.46. The summed E-state index contributed by atoms with van der Waals surface area (Å²) in [5.41, 5.74) is 10.2. The highest BCUT2D eigenvalue weighted by atomic mass is 35.5. The minimum Gasteiger partial charge on any atom is -0.354 e. The number of hydrogen-bond donors (Lipinski definition) is 3. The molecule has 0 aliphatic carbocycles. The molecule has 0 fully saturated rings. The Morgan fingerprint density at radius 1 is 1.15 bits per heavy atom. The minimum absolute atomic E-state index is 0. The van der Waals surface area contributed by atoms with Crippen LogP contribution < -0.4 is 11.1 Å². The Morgan fingerprint density at radius 3 is 2.58 bits per heavy atom. The van der Waals surface area contributed by atoms with Crippen molar-refractivity contribution in [3.63, 3.8) is 0 Å². The van der Waals surface area contributed by atoms with Crippen LogP contribution in [0, 0.1) is 6.92 Å². The number of benzene rings is 2. The molecule has 2 aromatic carbocycles. The van der Waals surface area contributed by atoms with Gasteiger partial charge in [-0.25, -0.2) is 4.98 Å². The molecule has 7 heteroatoms. The number of imidazole rings is 1. The zero-order valence-corrected chi connectivity index (χ0v) is 16.2. The van der Waals surface area contributed by atoms with Crippen molar-refractivity contribution in [1.29, 1.82) is 0 Å². The average molecular weight is 395 g/mol. The number of rotatable bonds is 6. The van der Waals surface area contributed by atoms with Gasteiger partial charge >= 0.3 is 0 Å². The van der Waals surface area contributed by atoms with E-state index in [1.807, 2.05) is 55.5 Å². The summed E-state index contributed by atoms with van der Waals surface area (Å²) in [6.07, 6.45) is 0.973. The van der Waals surface area contributed by atoms with Crippen molar-refractivity contribution in [2.75, 3.05) is 6.54 Å². The summed E-state index contributed by atoms with van der Waals surface area (Å²) in [4.78, 5) is 19.9. The van der Waals surface area contributed by atoms with Gasteiger partial charge in [-0.3, -0.25) is 4.79 Å². The molecule has 26 heavy (non-hydrogen) atoms. The average Bonchev–Trinajstić information content (AvgIpc) is 3.03. The first kappa shape index (κ1) is 22.0. The number of nitrogens with two attached hydrogens (primary N) is 1. The summed E-state index contributed by atoms with van der Waals surface area (Å²) in [6.45, 7) is 2.46. The Labute approximate surface area is 165 Å². The number of nitrogens with zero attached hydrogens (tertiary/aromatic N) is 1. The van der Waals surface area contributed by atoms with Crippen LogP contribution in [0.4, 0.5) is 0 Å². The van der Waals surface area contributed by atoms with Crippen molar-refractivity contribution < 1.29 is 4.79 Å². The molecule has 3 rings (SSSR count). The lowest BCUT2D eigenvalue weighted by Gasteiger charge is -2.12. The maximum atomic E-state index is 12.0. The van der Waals surface area contributed by atoms with Crippen LogP contribution >= 0.6 is 24.8 Å². The van der Waals surface area contributed by atoms with Crippen molar-refractivity contribution in [2.45, 2.75) is 25.8 Å². The SMILES string of the molecule is Cc1cccc2[nH]c(CCC(=O)NCC(N)c3ccccc3)nc12.Cl.Cl. The number of fused-ring (bicyclic) bond motifs is 1. The van der Waals surface area contributed by atoms with E-state index in [9.17, 15) is 4.79 Å². The molecular formula is C19H24Cl2N4O. The Bertz CT molecular complexity index is 836. The zero-order valence-electron chi connectivity index (χ0n) is 14.6. The number of hydrogen-bond acceptors (Lipinski definition) is 3. The second kappa shape index (κ2) is 10.2. The summed E-state index contributed by atoms with van der Waals surface area (Å²) in [7, 11) is 0. The van der Waals surface area contributed by atoms with E-state index in [1.54, 1.807) is 0 Å². The van der Waals surface area contributed by atoms with E-state index < -0.39 is 0 Å². The highest BCUT2D eigenvalue weighted by molar-refractivity contribution is 5.85. The van der Waals surface area contributed by atoms with Crippen LogP contribution in [0.3, 0.4) is 0 Å². The number of H-pyrrole nitrogens is 1. The van der Waals surface area contributed by atoms with Gasteiger partial charge in [0.05, 0.1) is 11.0 Å². The van der Waals surface area contributed by atoms with Crippen LogP contribution in [0.1, 0.15) is 29.4 Å². The standard InChI is InChI=1S/C19H22N4O.2ClH/c1-13-6-5-9-16-19(13)23-17(22-16)10-11-18(24)21-12-15(20)14-7-3-2-4-8-14;;/h2-9,15H,10-12,20H2,1H3,(H,21,24)(H,22,23);2*1H. The summed E-state index contributed by atoms with van der Waals surface area (Å²) in [6, 6.07) is 15.6. The van der Waals surface area contributed by atoms with Crippen LogP contribution in [0.25, 0.3) is 11.0 Å².